The highest BCUT2D eigenvalue weighted by Gasteiger charge is 1.96. The minimum atomic E-state index is 0.293. The molecule has 0 aliphatic heterocycles. The van der Waals surface area contributed by atoms with E-state index in [0.717, 1.165) is 18.8 Å². The van der Waals surface area contributed by atoms with Crippen molar-refractivity contribution in [3.05, 3.63) is 53.2 Å². The molecule has 0 aliphatic rings. The molecular formula is C13H13ClN2O. The topological polar surface area (TPSA) is 45.1 Å². The molecule has 0 amide bonds. The zero-order valence-corrected chi connectivity index (χ0v) is 9.98. The third kappa shape index (κ3) is 3.64. The molecular weight excluding hydrogens is 236 g/mol. The van der Waals surface area contributed by atoms with Crippen molar-refractivity contribution in [2.24, 2.45) is 0 Å². The number of phenolic OH excluding ortho intramolecular Hbond substituents is 1. The summed E-state index contributed by atoms with van der Waals surface area (Å²) in [4.78, 5) is 4.14. The summed E-state index contributed by atoms with van der Waals surface area (Å²) >= 11 is 5.74. The molecule has 0 fully saturated rings. The second-order valence-electron chi connectivity index (χ2n) is 3.70. The molecule has 1 heterocycles. The van der Waals surface area contributed by atoms with Crippen LogP contribution < -0.4 is 5.32 Å². The van der Waals surface area contributed by atoms with E-state index in [0.29, 0.717) is 10.8 Å². The Morgan fingerprint density at radius 3 is 2.53 bits per heavy atom. The van der Waals surface area contributed by atoms with Crippen molar-refractivity contribution >= 4 is 17.4 Å². The van der Waals surface area contributed by atoms with Gasteiger partial charge in [0, 0.05) is 12.7 Å². The number of nitrogens with zero attached hydrogens (tertiary/aromatic N) is 1. The Morgan fingerprint density at radius 1 is 1.12 bits per heavy atom. The first kappa shape index (κ1) is 11.7. The normalized spacial score (nSPS) is 10.2. The zero-order valence-electron chi connectivity index (χ0n) is 9.23. The molecule has 88 valence electrons. The van der Waals surface area contributed by atoms with Crippen LogP contribution in [0.25, 0.3) is 0 Å². The predicted octanol–water partition coefficient (Wildman–Crippen LogP) is 3.10. The van der Waals surface area contributed by atoms with Crippen molar-refractivity contribution in [1.82, 2.24) is 4.98 Å². The first-order valence-corrected chi connectivity index (χ1v) is 5.75. The Hall–Kier alpha value is -1.74. The second kappa shape index (κ2) is 5.55. The fourth-order valence-electron chi connectivity index (χ4n) is 1.48. The monoisotopic (exact) mass is 248 g/mol. The first-order chi connectivity index (χ1) is 8.24. The molecule has 0 bridgehead atoms. The summed E-state index contributed by atoms with van der Waals surface area (Å²) in [6.45, 7) is 0.791. The van der Waals surface area contributed by atoms with E-state index in [1.165, 1.54) is 5.56 Å². The van der Waals surface area contributed by atoms with Crippen molar-refractivity contribution in [2.75, 3.05) is 11.9 Å². The van der Waals surface area contributed by atoms with Gasteiger partial charge in [0.1, 0.15) is 11.6 Å². The number of anilines is 1. The number of aromatic hydroxyl groups is 1. The fourth-order valence-corrected chi connectivity index (χ4v) is 1.59. The standard InChI is InChI=1S/C13H13ClN2O/c14-11-3-6-13(16-9-11)15-8-7-10-1-4-12(17)5-2-10/h1-6,9,17H,7-8H2,(H,15,16). The average Bonchev–Trinajstić information content (AvgIpc) is 2.34. The van der Waals surface area contributed by atoms with E-state index in [2.05, 4.69) is 10.3 Å². The number of halogens is 1. The van der Waals surface area contributed by atoms with Crippen LogP contribution >= 0.6 is 11.6 Å². The van der Waals surface area contributed by atoms with Gasteiger partial charge in [0.15, 0.2) is 0 Å². The number of hydrogen-bond donors (Lipinski definition) is 2. The Kier molecular flexibility index (Phi) is 3.83. The fraction of sp³-hybridized carbons (Fsp3) is 0.154. The predicted molar refractivity (Wildman–Crippen MR) is 69.5 cm³/mol. The number of hydrogen-bond acceptors (Lipinski definition) is 3. The minimum Gasteiger partial charge on any atom is -0.508 e. The van der Waals surface area contributed by atoms with Gasteiger partial charge in [0.2, 0.25) is 0 Å². The van der Waals surface area contributed by atoms with Crippen LogP contribution in [0.1, 0.15) is 5.56 Å². The highest BCUT2D eigenvalue weighted by atomic mass is 35.5. The summed E-state index contributed by atoms with van der Waals surface area (Å²) in [5.74, 6) is 1.11. The van der Waals surface area contributed by atoms with Crippen LogP contribution in [0.5, 0.6) is 5.75 Å². The molecule has 2 rings (SSSR count). The van der Waals surface area contributed by atoms with Gasteiger partial charge in [-0.2, -0.15) is 0 Å². The molecule has 2 N–H and O–H groups in total. The molecule has 0 aliphatic carbocycles. The Bertz CT molecular complexity index is 422. The highest BCUT2D eigenvalue weighted by Crippen LogP contribution is 2.11. The van der Waals surface area contributed by atoms with Gasteiger partial charge in [-0.1, -0.05) is 23.7 Å². The zero-order chi connectivity index (χ0) is 12.1. The number of aromatic nitrogens is 1. The maximum atomic E-state index is 9.15. The Labute approximate surface area is 105 Å². The number of rotatable bonds is 4. The number of benzene rings is 1. The lowest BCUT2D eigenvalue weighted by molar-refractivity contribution is 0.475. The van der Waals surface area contributed by atoms with Crippen LogP contribution in [0.4, 0.5) is 5.82 Å². The molecule has 4 heteroatoms. The van der Waals surface area contributed by atoms with Crippen molar-refractivity contribution < 1.29 is 5.11 Å². The van der Waals surface area contributed by atoms with Gasteiger partial charge in [-0.3, -0.25) is 0 Å². The summed E-state index contributed by atoms with van der Waals surface area (Å²) in [6, 6.07) is 10.8. The molecule has 0 saturated carbocycles. The van der Waals surface area contributed by atoms with Crippen LogP contribution in [-0.4, -0.2) is 16.6 Å². The van der Waals surface area contributed by atoms with Gasteiger partial charge in [0.25, 0.3) is 0 Å². The molecule has 1 aromatic heterocycles. The van der Waals surface area contributed by atoms with Crippen molar-refractivity contribution in [2.45, 2.75) is 6.42 Å². The van der Waals surface area contributed by atoms with Crippen LogP contribution in [-0.2, 0) is 6.42 Å². The van der Waals surface area contributed by atoms with Crippen molar-refractivity contribution in [1.29, 1.82) is 0 Å². The Balaban J connectivity index is 1.83. The molecule has 0 radical (unpaired) electrons. The van der Waals surface area contributed by atoms with Gasteiger partial charge < -0.3 is 10.4 Å². The number of phenols is 1. The smallest absolute Gasteiger partial charge is 0.125 e. The van der Waals surface area contributed by atoms with E-state index in [-0.39, 0.29) is 0 Å². The lowest BCUT2D eigenvalue weighted by Crippen LogP contribution is -2.05. The van der Waals surface area contributed by atoms with Gasteiger partial charge in [-0.05, 0) is 36.2 Å². The summed E-state index contributed by atoms with van der Waals surface area (Å²) in [5.41, 5.74) is 1.17. The lowest BCUT2D eigenvalue weighted by Gasteiger charge is -2.05. The van der Waals surface area contributed by atoms with Gasteiger partial charge in [0.05, 0.1) is 5.02 Å². The molecule has 17 heavy (non-hydrogen) atoms. The summed E-state index contributed by atoms with van der Waals surface area (Å²) in [5, 5.41) is 13.0. The number of pyridine rings is 1. The number of nitrogens with one attached hydrogen (secondary N) is 1. The van der Waals surface area contributed by atoms with Crippen molar-refractivity contribution in [3.63, 3.8) is 0 Å². The largest absolute Gasteiger partial charge is 0.508 e. The maximum Gasteiger partial charge on any atom is 0.125 e. The minimum absolute atomic E-state index is 0.293. The van der Waals surface area contributed by atoms with E-state index >= 15 is 0 Å². The first-order valence-electron chi connectivity index (χ1n) is 5.37. The summed E-state index contributed by atoms with van der Waals surface area (Å²) in [7, 11) is 0. The third-order valence-corrected chi connectivity index (χ3v) is 2.61. The quantitative estimate of drug-likeness (QED) is 0.874. The van der Waals surface area contributed by atoms with Crippen LogP contribution in [0, 0.1) is 0 Å². The van der Waals surface area contributed by atoms with Crippen LogP contribution in [0.2, 0.25) is 5.02 Å². The van der Waals surface area contributed by atoms with Gasteiger partial charge in [-0.15, -0.1) is 0 Å². The van der Waals surface area contributed by atoms with Gasteiger partial charge in [-0.25, -0.2) is 4.98 Å². The van der Waals surface area contributed by atoms with E-state index < -0.39 is 0 Å². The highest BCUT2D eigenvalue weighted by molar-refractivity contribution is 6.30. The summed E-state index contributed by atoms with van der Waals surface area (Å²) < 4.78 is 0. The lowest BCUT2D eigenvalue weighted by atomic mass is 10.1. The Morgan fingerprint density at radius 2 is 1.88 bits per heavy atom. The average molecular weight is 249 g/mol. The van der Waals surface area contributed by atoms with E-state index in [1.807, 2.05) is 18.2 Å². The van der Waals surface area contributed by atoms with Gasteiger partial charge >= 0.3 is 0 Å². The SMILES string of the molecule is Oc1ccc(CCNc2ccc(Cl)cn2)cc1. The molecule has 2 aromatic rings. The molecule has 3 nitrogen and oxygen atoms in total. The molecule has 0 atom stereocenters. The van der Waals surface area contributed by atoms with E-state index in [4.69, 9.17) is 16.7 Å². The second-order valence-corrected chi connectivity index (χ2v) is 4.14. The van der Waals surface area contributed by atoms with Crippen LogP contribution in [0.15, 0.2) is 42.6 Å². The molecule has 0 spiro atoms. The molecule has 0 unspecified atom stereocenters. The van der Waals surface area contributed by atoms with E-state index in [1.54, 1.807) is 24.4 Å². The third-order valence-electron chi connectivity index (χ3n) is 2.38. The van der Waals surface area contributed by atoms with Crippen molar-refractivity contribution in [3.8, 4) is 5.75 Å². The van der Waals surface area contributed by atoms with Crippen LogP contribution in [0.3, 0.4) is 0 Å². The maximum absolute atomic E-state index is 9.15. The molecule has 0 saturated heterocycles. The molecule has 1 aromatic carbocycles. The van der Waals surface area contributed by atoms with E-state index in [9.17, 15) is 0 Å². The summed E-state index contributed by atoms with van der Waals surface area (Å²) in [6.07, 6.45) is 2.50.